The highest BCUT2D eigenvalue weighted by atomic mass is 32.2. The summed E-state index contributed by atoms with van der Waals surface area (Å²) in [5.41, 5.74) is 0.768. The maximum atomic E-state index is 12.5. The monoisotopic (exact) mass is 399 g/mol. The summed E-state index contributed by atoms with van der Waals surface area (Å²) in [5.74, 6) is -0.302. The van der Waals surface area contributed by atoms with Crippen molar-refractivity contribution in [1.82, 2.24) is 19.5 Å². The van der Waals surface area contributed by atoms with Crippen LogP contribution in [0.25, 0.3) is 11.6 Å². The summed E-state index contributed by atoms with van der Waals surface area (Å²) < 4.78 is 31.9. The van der Waals surface area contributed by atoms with E-state index >= 15 is 0 Å². The lowest BCUT2D eigenvalue weighted by molar-refractivity contribution is 0.102. The van der Waals surface area contributed by atoms with Gasteiger partial charge in [0, 0.05) is 24.8 Å². The first-order chi connectivity index (χ1) is 13.5. The van der Waals surface area contributed by atoms with E-state index in [2.05, 4.69) is 20.5 Å². The van der Waals surface area contributed by atoms with E-state index in [1.54, 1.807) is 24.4 Å². The van der Waals surface area contributed by atoms with Crippen LogP contribution in [-0.4, -0.2) is 46.9 Å². The Bertz CT molecular complexity index is 1070. The molecule has 1 aliphatic rings. The highest BCUT2D eigenvalue weighted by Crippen LogP contribution is 2.22. The molecule has 1 amide bonds. The van der Waals surface area contributed by atoms with Crippen molar-refractivity contribution in [2.45, 2.75) is 17.7 Å². The molecule has 28 heavy (non-hydrogen) atoms. The summed E-state index contributed by atoms with van der Waals surface area (Å²) in [7, 11) is -3.51. The van der Waals surface area contributed by atoms with E-state index in [0.717, 1.165) is 12.8 Å². The van der Waals surface area contributed by atoms with Gasteiger partial charge in [-0.05, 0) is 49.2 Å². The number of carbonyl (C=O) groups excluding carboxylic acids is 1. The molecule has 0 radical (unpaired) electrons. The Hall–Kier alpha value is -3.11. The number of aromatic nitrogens is 3. The molecule has 1 aliphatic heterocycles. The molecule has 0 unspecified atom stereocenters. The fraction of sp³-hybridized carbons (Fsp3) is 0.222. The molecule has 1 fully saturated rings. The Kier molecular flexibility index (Phi) is 4.88. The van der Waals surface area contributed by atoms with Crippen LogP contribution in [0.2, 0.25) is 0 Å². The predicted octanol–water partition coefficient (Wildman–Crippen LogP) is 2.17. The van der Waals surface area contributed by atoms with Gasteiger partial charge in [-0.2, -0.15) is 4.31 Å². The first-order valence-electron chi connectivity index (χ1n) is 8.70. The van der Waals surface area contributed by atoms with Gasteiger partial charge in [-0.3, -0.25) is 15.1 Å². The smallest absolute Gasteiger partial charge is 0.322 e. The Morgan fingerprint density at radius 3 is 2.46 bits per heavy atom. The highest BCUT2D eigenvalue weighted by Gasteiger charge is 2.27. The van der Waals surface area contributed by atoms with Crippen molar-refractivity contribution in [3.05, 3.63) is 54.2 Å². The fourth-order valence-corrected chi connectivity index (χ4v) is 4.41. The minimum atomic E-state index is -3.51. The van der Waals surface area contributed by atoms with E-state index in [9.17, 15) is 13.2 Å². The molecule has 3 aromatic rings. The Morgan fingerprint density at radius 2 is 1.79 bits per heavy atom. The van der Waals surface area contributed by atoms with Gasteiger partial charge in [0.05, 0.1) is 4.90 Å². The largest absolute Gasteiger partial charge is 0.401 e. The predicted molar refractivity (Wildman–Crippen MR) is 99.9 cm³/mol. The summed E-state index contributed by atoms with van der Waals surface area (Å²) in [6.45, 7) is 1.06. The quantitative estimate of drug-likeness (QED) is 0.698. The van der Waals surface area contributed by atoms with E-state index in [4.69, 9.17) is 4.42 Å². The minimum absolute atomic E-state index is 0.0700. The van der Waals surface area contributed by atoms with Crippen molar-refractivity contribution in [2.75, 3.05) is 18.4 Å². The molecular weight excluding hydrogens is 382 g/mol. The molecule has 2 aromatic heterocycles. The van der Waals surface area contributed by atoms with Crippen LogP contribution in [0.15, 0.2) is 58.0 Å². The number of benzene rings is 1. The first-order valence-corrected chi connectivity index (χ1v) is 10.1. The molecule has 144 valence electrons. The lowest BCUT2D eigenvalue weighted by Gasteiger charge is -2.15. The van der Waals surface area contributed by atoms with Crippen molar-refractivity contribution >= 4 is 21.9 Å². The number of nitrogens with one attached hydrogen (secondary N) is 1. The molecule has 1 aromatic carbocycles. The van der Waals surface area contributed by atoms with Gasteiger partial charge in [-0.15, -0.1) is 5.10 Å². The summed E-state index contributed by atoms with van der Waals surface area (Å²) in [5, 5.41) is 10.1. The molecule has 0 saturated carbocycles. The second kappa shape index (κ2) is 7.49. The van der Waals surface area contributed by atoms with Gasteiger partial charge in [-0.25, -0.2) is 8.42 Å². The number of hydrogen-bond acceptors (Lipinski definition) is 7. The van der Waals surface area contributed by atoms with Crippen LogP contribution in [0, 0.1) is 0 Å². The molecule has 0 spiro atoms. The summed E-state index contributed by atoms with van der Waals surface area (Å²) in [4.78, 5) is 16.6. The molecule has 4 rings (SSSR count). The number of carbonyl (C=O) groups is 1. The van der Waals surface area contributed by atoms with Gasteiger partial charge < -0.3 is 4.42 Å². The number of anilines is 1. The van der Waals surface area contributed by atoms with Crippen LogP contribution < -0.4 is 5.32 Å². The summed E-state index contributed by atoms with van der Waals surface area (Å²) in [6, 6.07) is 10.9. The van der Waals surface area contributed by atoms with E-state index in [0.29, 0.717) is 18.8 Å². The average molecular weight is 399 g/mol. The molecule has 0 bridgehead atoms. The maximum absolute atomic E-state index is 12.5. The van der Waals surface area contributed by atoms with Crippen molar-refractivity contribution in [3.63, 3.8) is 0 Å². The van der Waals surface area contributed by atoms with Gasteiger partial charge in [0.25, 0.3) is 11.8 Å². The normalized spacial score (nSPS) is 14.9. The van der Waals surface area contributed by atoms with Gasteiger partial charge in [0.1, 0.15) is 5.69 Å². The SMILES string of the molecule is O=C(Nc1nnc(-c2ccccn2)o1)c1ccc(S(=O)(=O)N2CCCC2)cc1. The number of nitrogens with zero attached hydrogens (tertiary/aromatic N) is 4. The number of amides is 1. The van der Waals surface area contributed by atoms with Crippen molar-refractivity contribution < 1.29 is 17.6 Å². The number of pyridine rings is 1. The van der Waals surface area contributed by atoms with Crippen LogP contribution in [0.1, 0.15) is 23.2 Å². The molecule has 9 nitrogen and oxygen atoms in total. The van der Waals surface area contributed by atoms with Crippen molar-refractivity contribution in [2.24, 2.45) is 0 Å². The lowest BCUT2D eigenvalue weighted by atomic mass is 10.2. The minimum Gasteiger partial charge on any atom is -0.401 e. The summed E-state index contributed by atoms with van der Waals surface area (Å²) >= 11 is 0. The zero-order valence-corrected chi connectivity index (χ0v) is 15.6. The second-order valence-electron chi connectivity index (χ2n) is 6.22. The van der Waals surface area contributed by atoms with Crippen LogP contribution in [-0.2, 0) is 10.0 Å². The fourth-order valence-electron chi connectivity index (χ4n) is 2.89. The molecular formula is C18H17N5O4S. The van der Waals surface area contributed by atoms with Crippen molar-refractivity contribution in [3.8, 4) is 11.6 Å². The van der Waals surface area contributed by atoms with Crippen LogP contribution in [0.5, 0.6) is 0 Å². The van der Waals surface area contributed by atoms with Crippen LogP contribution >= 0.6 is 0 Å². The van der Waals surface area contributed by atoms with E-state index in [-0.39, 0.29) is 22.4 Å². The Balaban J connectivity index is 1.46. The zero-order valence-electron chi connectivity index (χ0n) is 14.8. The third kappa shape index (κ3) is 3.64. The molecule has 1 N–H and O–H groups in total. The van der Waals surface area contributed by atoms with Crippen LogP contribution in [0.4, 0.5) is 6.01 Å². The van der Waals surface area contributed by atoms with Gasteiger partial charge in [0.15, 0.2) is 0 Å². The Morgan fingerprint density at radius 1 is 1.04 bits per heavy atom. The molecule has 1 saturated heterocycles. The maximum Gasteiger partial charge on any atom is 0.322 e. The molecule has 10 heteroatoms. The van der Waals surface area contributed by atoms with E-state index in [1.807, 2.05) is 0 Å². The molecule has 0 atom stereocenters. The third-order valence-electron chi connectivity index (χ3n) is 4.35. The van der Waals surface area contributed by atoms with E-state index < -0.39 is 15.9 Å². The topological polar surface area (TPSA) is 118 Å². The van der Waals surface area contributed by atoms with Crippen LogP contribution in [0.3, 0.4) is 0 Å². The average Bonchev–Trinajstić information content (AvgIpc) is 3.41. The van der Waals surface area contributed by atoms with Gasteiger partial charge in [-0.1, -0.05) is 11.2 Å². The highest BCUT2D eigenvalue weighted by molar-refractivity contribution is 7.89. The number of sulfonamides is 1. The lowest BCUT2D eigenvalue weighted by Crippen LogP contribution is -2.27. The number of hydrogen-bond donors (Lipinski definition) is 1. The first kappa shape index (κ1) is 18.3. The van der Waals surface area contributed by atoms with E-state index in [1.165, 1.54) is 28.6 Å². The standard InChI is InChI=1S/C18H17N5O4S/c24-16(20-18-22-21-17(27-18)15-5-1-2-10-19-15)13-6-8-14(9-7-13)28(25,26)23-11-3-4-12-23/h1-2,5-10H,3-4,11-12H2,(H,20,22,24). The summed E-state index contributed by atoms with van der Waals surface area (Å²) in [6.07, 6.45) is 3.32. The van der Waals surface area contributed by atoms with Crippen molar-refractivity contribution in [1.29, 1.82) is 0 Å². The molecule has 3 heterocycles. The second-order valence-corrected chi connectivity index (χ2v) is 8.15. The van der Waals surface area contributed by atoms with Gasteiger partial charge >= 0.3 is 6.01 Å². The number of rotatable bonds is 5. The van der Waals surface area contributed by atoms with Gasteiger partial charge in [0.2, 0.25) is 10.0 Å². The molecule has 0 aliphatic carbocycles. The third-order valence-corrected chi connectivity index (χ3v) is 6.26. The Labute approximate surface area is 161 Å². The zero-order chi connectivity index (χ0) is 19.6.